The standard InChI is InChI=1S/C38H24N2O.C32H20N2O.C31H21N3.C27H15N3OS/c1-2-9-25(10-3-1)26-17-21-28(22-18-26)36-33-12-4-6-15-34(33)39-38(40-36)29-23-19-27(20-24-29)30-13-8-14-32-31-11-5-7-16-35(31)41-37(30)32;1-2-9-22(10-3-1)30-31(34-28-15-6-5-14-27(28)33-30)23-19-17-21(18-20-23)24-12-8-13-26-25-11-4-7-16-29(25)35-32(24)26;1-4-10-22(11-5-1)23-16-18-26(19-17-23)30-33-29(25-14-8-3-9-15-25)27-20-21-28(32-31(27)34-30)24-12-6-2-7-13-24;1-2-7-16(8-3-1)26-29-23(25-24(30-26)20-10-6-14-28-27(20)32-25)17-12-13-19-18-9-4-5-11-21(18)31-22(19)15-17/h1-24H;1-20H;1-21H;1-15H. The van der Waals surface area contributed by atoms with Gasteiger partial charge < -0.3 is 13.3 Å². The maximum atomic E-state index is 6.28. The van der Waals surface area contributed by atoms with E-state index < -0.39 is 0 Å². The molecule has 0 fully saturated rings. The molecule has 0 unspecified atom stereocenters. The largest absolute Gasteiger partial charge is 0.456 e. The molecule has 0 aliphatic carbocycles. The van der Waals surface area contributed by atoms with Crippen molar-refractivity contribution in [2.75, 3.05) is 0 Å². The van der Waals surface area contributed by atoms with Crippen LogP contribution in [0.15, 0.2) is 499 Å². The van der Waals surface area contributed by atoms with Gasteiger partial charge in [0, 0.05) is 116 Å². The van der Waals surface area contributed by atoms with Gasteiger partial charge in [-0.05, 0) is 106 Å². The normalized spacial score (nSPS) is 11.4. The molecule has 10 aromatic heterocycles. The lowest BCUT2D eigenvalue weighted by Crippen LogP contribution is -1.98. The summed E-state index contributed by atoms with van der Waals surface area (Å²) in [5.41, 5.74) is 33.4. The van der Waals surface area contributed by atoms with Crippen molar-refractivity contribution in [1.29, 1.82) is 0 Å². The van der Waals surface area contributed by atoms with Crippen molar-refractivity contribution in [2.45, 2.75) is 0 Å². The maximum absolute atomic E-state index is 6.28. The molecule has 28 aromatic rings. The molecule has 28 rings (SSSR count). The van der Waals surface area contributed by atoms with Crippen LogP contribution in [0.3, 0.4) is 0 Å². The molecule has 0 bridgehead atoms. The molecule has 0 amide bonds. The van der Waals surface area contributed by atoms with Gasteiger partial charge in [0.1, 0.15) is 38.3 Å². The minimum atomic E-state index is 0.670. The van der Waals surface area contributed by atoms with Crippen molar-refractivity contribution in [1.82, 2.24) is 49.8 Å². The van der Waals surface area contributed by atoms with E-state index in [1.54, 1.807) is 11.3 Å². The predicted molar refractivity (Wildman–Crippen MR) is 582 cm³/mol. The fraction of sp³-hybridized carbons (Fsp3) is 0. The zero-order chi connectivity index (χ0) is 94.2. The average molecular weight is 1840 g/mol. The van der Waals surface area contributed by atoms with Crippen LogP contribution >= 0.6 is 11.3 Å². The van der Waals surface area contributed by atoms with Gasteiger partial charge in [-0.2, -0.15) is 0 Å². The summed E-state index contributed by atoms with van der Waals surface area (Å²) in [5, 5.41) is 9.80. The number of aromatic nitrogens is 10. The highest BCUT2D eigenvalue weighted by molar-refractivity contribution is 7.25. The molecule has 14 heteroatoms. The lowest BCUT2D eigenvalue weighted by molar-refractivity contribution is 0.669. The molecular formula is C128H80N10O3S. The van der Waals surface area contributed by atoms with E-state index in [-0.39, 0.29) is 0 Å². The molecule has 0 spiro atoms. The molecule has 0 radical (unpaired) electrons. The Morgan fingerprint density at radius 3 is 1.08 bits per heavy atom. The third-order valence-corrected chi connectivity index (χ3v) is 27.0. The maximum Gasteiger partial charge on any atom is 0.164 e. The summed E-state index contributed by atoms with van der Waals surface area (Å²) in [4.78, 5) is 50.4. The van der Waals surface area contributed by atoms with Crippen molar-refractivity contribution in [3.8, 4) is 146 Å². The van der Waals surface area contributed by atoms with Gasteiger partial charge in [0.05, 0.1) is 60.9 Å². The molecule has 18 aromatic carbocycles. The summed E-state index contributed by atoms with van der Waals surface area (Å²) in [7, 11) is 0. The number of hydrogen-bond donors (Lipinski definition) is 0. The summed E-state index contributed by atoms with van der Waals surface area (Å²) in [6.45, 7) is 0. The molecule has 10 heterocycles. The highest BCUT2D eigenvalue weighted by Crippen LogP contribution is 2.45. The summed E-state index contributed by atoms with van der Waals surface area (Å²) >= 11 is 1.63. The molecule has 666 valence electrons. The first kappa shape index (κ1) is 84.7. The Balaban J connectivity index is 0.0000000999. The van der Waals surface area contributed by atoms with Gasteiger partial charge in [-0.1, -0.05) is 406 Å². The molecule has 0 saturated carbocycles. The first-order valence-corrected chi connectivity index (χ1v) is 47.9. The number of benzene rings is 18. The number of hydrogen-bond acceptors (Lipinski definition) is 14. The van der Waals surface area contributed by atoms with Gasteiger partial charge in [-0.25, -0.2) is 49.8 Å². The number of fused-ring (bicyclic) bond motifs is 15. The zero-order valence-corrected chi connectivity index (χ0v) is 77.1. The Morgan fingerprint density at radius 1 is 0.183 bits per heavy atom. The van der Waals surface area contributed by atoms with E-state index in [9.17, 15) is 0 Å². The first-order chi connectivity index (χ1) is 70.4. The van der Waals surface area contributed by atoms with E-state index in [1.165, 1.54) is 16.7 Å². The summed E-state index contributed by atoms with van der Waals surface area (Å²) in [6.07, 6.45) is 1.82. The Hall–Kier alpha value is -19.0. The number of para-hydroxylation sites is 8. The average Bonchev–Trinajstić information content (AvgIpc) is 1.57. The molecule has 0 aliphatic rings. The second kappa shape index (κ2) is 37.2. The quantitative estimate of drug-likeness (QED) is 0.107. The Bertz CT molecular complexity index is 9570. The Morgan fingerprint density at radius 2 is 0.535 bits per heavy atom. The van der Waals surface area contributed by atoms with Crippen LogP contribution in [0.5, 0.6) is 0 Å². The highest BCUT2D eigenvalue weighted by Gasteiger charge is 2.24. The topological polar surface area (TPSA) is 168 Å². The van der Waals surface area contributed by atoms with E-state index in [4.69, 9.17) is 58.1 Å². The van der Waals surface area contributed by atoms with E-state index in [1.807, 2.05) is 206 Å². The fourth-order valence-corrected chi connectivity index (χ4v) is 20.0. The van der Waals surface area contributed by atoms with Crippen molar-refractivity contribution in [3.05, 3.63) is 485 Å². The van der Waals surface area contributed by atoms with Gasteiger partial charge in [0.25, 0.3) is 0 Å². The second-order valence-electron chi connectivity index (χ2n) is 34.7. The molecule has 0 aliphatic heterocycles. The van der Waals surface area contributed by atoms with E-state index in [0.717, 1.165) is 226 Å². The van der Waals surface area contributed by atoms with E-state index in [2.05, 4.69) is 284 Å². The van der Waals surface area contributed by atoms with Gasteiger partial charge >= 0.3 is 0 Å². The minimum Gasteiger partial charge on any atom is -0.456 e. The molecule has 0 atom stereocenters. The lowest BCUT2D eigenvalue weighted by atomic mass is 9.98. The van der Waals surface area contributed by atoms with Crippen molar-refractivity contribution in [3.63, 3.8) is 0 Å². The van der Waals surface area contributed by atoms with E-state index in [0.29, 0.717) is 23.1 Å². The number of nitrogens with zero attached hydrogens (tertiary/aromatic N) is 10. The third-order valence-electron chi connectivity index (χ3n) is 25.9. The fourth-order valence-electron chi connectivity index (χ4n) is 18.9. The van der Waals surface area contributed by atoms with Gasteiger partial charge in [-0.3, -0.25) is 0 Å². The Labute approximate surface area is 819 Å². The van der Waals surface area contributed by atoms with Crippen LogP contribution in [0, 0.1) is 0 Å². The number of rotatable bonds is 13. The van der Waals surface area contributed by atoms with Crippen LogP contribution < -0.4 is 0 Å². The SMILES string of the molecule is c1ccc(-c2ccc(-c3nc(-c4ccc(-c5cccc6c5oc5ccccc56)cc4)nc4ccccc34)cc2)cc1.c1ccc(-c2ccc(-c3nc(-c4ccccc4)c4ccc(-c5ccccc5)nc4n3)cc2)cc1.c1ccc(-c2nc(-c3ccc4c(c3)oc3ccccc34)c3sc4ncccc4c3n2)cc1.c1ccc(-c2nc3ccccc3nc2-c2ccc(-c3cccc4c3oc3ccccc34)cc2)cc1. The lowest BCUT2D eigenvalue weighted by Gasteiger charge is -2.11. The Kier molecular flexibility index (Phi) is 22.2. The molecule has 13 nitrogen and oxygen atoms in total. The van der Waals surface area contributed by atoms with Crippen LogP contribution in [-0.4, -0.2) is 49.8 Å². The number of thiophene rings is 1. The molecule has 0 N–H and O–H groups in total. The molecule has 0 saturated heterocycles. The number of furan rings is 3. The van der Waals surface area contributed by atoms with Gasteiger partial charge in [-0.15, -0.1) is 11.3 Å². The van der Waals surface area contributed by atoms with Crippen molar-refractivity contribution < 1.29 is 13.3 Å². The van der Waals surface area contributed by atoms with Crippen LogP contribution in [0.4, 0.5) is 0 Å². The summed E-state index contributed by atoms with van der Waals surface area (Å²) in [5.74, 6) is 2.09. The van der Waals surface area contributed by atoms with E-state index >= 15 is 0 Å². The first-order valence-electron chi connectivity index (χ1n) is 47.1. The van der Waals surface area contributed by atoms with Gasteiger partial charge in [0.2, 0.25) is 0 Å². The third kappa shape index (κ3) is 16.5. The van der Waals surface area contributed by atoms with Crippen LogP contribution in [0.2, 0.25) is 0 Å². The second-order valence-corrected chi connectivity index (χ2v) is 35.7. The van der Waals surface area contributed by atoms with Crippen LogP contribution in [0.25, 0.3) is 265 Å². The van der Waals surface area contributed by atoms with Gasteiger partial charge in [0.15, 0.2) is 23.1 Å². The zero-order valence-electron chi connectivity index (χ0n) is 76.3. The smallest absolute Gasteiger partial charge is 0.164 e. The number of pyridine rings is 2. The monoisotopic (exact) mass is 1840 g/mol. The molecule has 142 heavy (non-hydrogen) atoms. The van der Waals surface area contributed by atoms with Crippen molar-refractivity contribution in [2.24, 2.45) is 0 Å². The highest BCUT2D eigenvalue weighted by atomic mass is 32.1. The molecular weight excluding hydrogens is 1760 g/mol. The summed E-state index contributed by atoms with van der Waals surface area (Å²) in [6, 6.07) is 163. The van der Waals surface area contributed by atoms with Crippen molar-refractivity contribution >= 4 is 131 Å². The predicted octanol–water partition coefficient (Wildman–Crippen LogP) is 33.9. The minimum absolute atomic E-state index is 0.670. The van der Waals surface area contributed by atoms with Crippen LogP contribution in [-0.2, 0) is 0 Å². The summed E-state index contributed by atoms with van der Waals surface area (Å²) < 4.78 is 19.7. The van der Waals surface area contributed by atoms with Crippen LogP contribution in [0.1, 0.15) is 0 Å².